The number of amides is 1. The molecule has 0 aromatic heterocycles. The lowest BCUT2D eigenvalue weighted by Crippen LogP contribution is -2.46. The highest BCUT2D eigenvalue weighted by Crippen LogP contribution is 2.29. The summed E-state index contributed by atoms with van der Waals surface area (Å²) in [6.07, 6.45) is 4.00. The van der Waals surface area contributed by atoms with Gasteiger partial charge in [0.2, 0.25) is 5.91 Å². The Hall–Kier alpha value is -1.75. The predicted molar refractivity (Wildman–Crippen MR) is 89.6 cm³/mol. The van der Waals surface area contributed by atoms with Gasteiger partial charge in [0.05, 0.1) is 19.1 Å². The number of carbonyl (C=O) groups is 1. The molecule has 23 heavy (non-hydrogen) atoms. The molecule has 1 heterocycles. The van der Waals surface area contributed by atoms with E-state index in [0.717, 1.165) is 56.6 Å². The number of aliphatic hydroxyl groups excluding tert-OH is 1. The van der Waals surface area contributed by atoms with Gasteiger partial charge in [0.25, 0.3) is 0 Å². The highest BCUT2D eigenvalue weighted by atomic mass is 16.5. The highest BCUT2D eigenvalue weighted by molar-refractivity contribution is 5.79. The third-order valence-electron chi connectivity index (χ3n) is 5.04. The molecule has 126 valence electrons. The number of nitrogens with zero attached hydrogens (tertiary/aromatic N) is 1. The van der Waals surface area contributed by atoms with Gasteiger partial charge >= 0.3 is 0 Å². The van der Waals surface area contributed by atoms with Crippen LogP contribution in [0.2, 0.25) is 0 Å². The van der Waals surface area contributed by atoms with Crippen molar-refractivity contribution < 1.29 is 14.6 Å². The van der Waals surface area contributed by atoms with Crippen molar-refractivity contribution in [1.82, 2.24) is 4.90 Å². The number of aliphatic hydroxyl groups is 1. The van der Waals surface area contributed by atoms with E-state index in [1.165, 1.54) is 0 Å². The topological polar surface area (TPSA) is 61.8 Å². The summed E-state index contributed by atoms with van der Waals surface area (Å²) in [4.78, 5) is 14.4. The SMILES string of the molecule is COc1cccc(NC2CCN(C(=O)C3CCCC3O)CC2)c1. The van der Waals surface area contributed by atoms with E-state index in [1.807, 2.05) is 29.2 Å². The van der Waals surface area contributed by atoms with E-state index >= 15 is 0 Å². The molecule has 0 spiro atoms. The Balaban J connectivity index is 1.51. The first-order valence-corrected chi connectivity index (χ1v) is 8.55. The smallest absolute Gasteiger partial charge is 0.228 e. The van der Waals surface area contributed by atoms with E-state index in [-0.39, 0.29) is 11.8 Å². The number of hydrogen-bond acceptors (Lipinski definition) is 4. The molecule has 1 aromatic rings. The fraction of sp³-hybridized carbons (Fsp3) is 0.611. The van der Waals surface area contributed by atoms with Crippen molar-refractivity contribution in [2.45, 2.75) is 44.2 Å². The summed E-state index contributed by atoms with van der Waals surface area (Å²) in [7, 11) is 1.67. The minimum Gasteiger partial charge on any atom is -0.497 e. The Morgan fingerprint density at radius 3 is 2.70 bits per heavy atom. The van der Waals surface area contributed by atoms with Gasteiger partial charge in [-0.1, -0.05) is 6.07 Å². The molecule has 1 aliphatic heterocycles. The zero-order valence-corrected chi connectivity index (χ0v) is 13.7. The summed E-state index contributed by atoms with van der Waals surface area (Å²) >= 11 is 0. The number of ether oxygens (including phenoxy) is 1. The summed E-state index contributed by atoms with van der Waals surface area (Å²) in [5.41, 5.74) is 1.06. The molecular weight excluding hydrogens is 292 g/mol. The van der Waals surface area contributed by atoms with E-state index in [4.69, 9.17) is 4.74 Å². The molecule has 0 radical (unpaired) electrons. The van der Waals surface area contributed by atoms with Gasteiger partial charge in [-0.3, -0.25) is 4.79 Å². The second kappa shape index (κ2) is 7.21. The number of anilines is 1. The van der Waals surface area contributed by atoms with Crippen LogP contribution in [-0.4, -0.2) is 48.3 Å². The molecule has 0 bridgehead atoms. The first kappa shape index (κ1) is 16.1. The quantitative estimate of drug-likeness (QED) is 0.894. The Labute approximate surface area is 137 Å². The minimum atomic E-state index is -0.435. The second-order valence-corrected chi connectivity index (χ2v) is 6.58. The molecule has 3 rings (SSSR count). The lowest BCUT2D eigenvalue weighted by atomic mass is 9.99. The summed E-state index contributed by atoms with van der Waals surface area (Å²) in [6.45, 7) is 1.54. The molecule has 2 atom stereocenters. The number of benzene rings is 1. The third-order valence-corrected chi connectivity index (χ3v) is 5.04. The minimum absolute atomic E-state index is 0.148. The van der Waals surface area contributed by atoms with Crippen LogP contribution in [0.1, 0.15) is 32.1 Å². The number of rotatable bonds is 4. The van der Waals surface area contributed by atoms with Crippen LogP contribution < -0.4 is 10.1 Å². The van der Waals surface area contributed by atoms with Crippen LogP contribution in [0.25, 0.3) is 0 Å². The summed E-state index contributed by atoms with van der Waals surface area (Å²) in [6, 6.07) is 8.31. The van der Waals surface area contributed by atoms with Gasteiger partial charge in [-0.25, -0.2) is 0 Å². The number of piperidine rings is 1. The van der Waals surface area contributed by atoms with Crippen LogP contribution in [0, 0.1) is 5.92 Å². The molecule has 1 aliphatic carbocycles. The van der Waals surface area contributed by atoms with E-state index in [2.05, 4.69) is 5.32 Å². The van der Waals surface area contributed by atoms with Gasteiger partial charge in [-0.15, -0.1) is 0 Å². The van der Waals surface area contributed by atoms with Gasteiger partial charge in [0, 0.05) is 30.9 Å². The van der Waals surface area contributed by atoms with Crippen molar-refractivity contribution in [3.63, 3.8) is 0 Å². The van der Waals surface area contributed by atoms with Crippen LogP contribution in [0.4, 0.5) is 5.69 Å². The van der Waals surface area contributed by atoms with Crippen molar-refractivity contribution in [1.29, 1.82) is 0 Å². The van der Waals surface area contributed by atoms with Crippen molar-refractivity contribution in [2.75, 3.05) is 25.5 Å². The highest BCUT2D eigenvalue weighted by Gasteiger charge is 2.35. The average molecular weight is 318 g/mol. The van der Waals surface area contributed by atoms with E-state index in [1.54, 1.807) is 7.11 Å². The molecule has 1 saturated heterocycles. The monoisotopic (exact) mass is 318 g/mol. The zero-order chi connectivity index (χ0) is 16.2. The summed E-state index contributed by atoms with van der Waals surface area (Å²) in [5, 5.41) is 13.4. The molecule has 5 heteroatoms. The number of likely N-dealkylation sites (tertiary alicyclic amines) is 1. The van der Waals surface area contributed by atoms with Crippen molar-refractivity contribution >= 4 is 11.6 Å². The van der Waals surface area contributed by atoms with Crippen LogP contribution >= 0.6 is 0 Å². The van der Waals surface area contributed by atoms with Gasteiger partial charge < -0.3 is 20.1 Å². The van der Waals surface area contributed by atoms with Crippen molar-refractivity contribution in [2.24, 2.45) is 5.92 Å². The normalized spacial score (nSPS) is 25.4. The molecule has 1 saturated carbocycles. The van der Waals surface area contributed by atoms with Crippen LogP contribution in [-0.2, 0) is 4.79 Å². The van der Waals surface area contributed by atoms with E-state index in [0.29, 0.717) is 6.04 Å². The zero-order valence-electron chi connectivity index (χ0n) is 13.7. The maximum absolute atomic E-state index is 12.5. The van der Waals surface area contributed by atoms with E-state index in [9.17, 15) is 9.90 Å². The van der Waals surface area contributed by atoms with Gasteiger partial charge in [0.1, 0.15) is 5.75 Å². The second-order valence-electron chi connectivity index (χ2n) is 6.58. The standard InChI is InChI=1S/C18H26N2O3/c1-23-15-5-2-4-14(12-15)19-13-8-10-20(11-9-13)18(22)16-6-3-7-17(16)21/h2,4-5,12-13,16-17,19,21H,3,6-11H2,1H3. The van der Waals surface area contributed by atoms with Crippen LogP contribution in [0.5, 0.6) is 5.75 Å². The lowest BCUT2D eigenvalue weighted by molar-refractivity contribution is -0.139. The Kier molecular flexibility index (Phi) is 5.06. The lowest BCUT2D eigenvalue weighted by Gasteiger charge is -2.34. The first-order chi connectivity index (χ1) is 11.2. The maximum Gasteiger partial charge on any atom is 0.228 e. The molecular formula is C18H26N2O3. The van der Waals surface area contributed by atoms with Gasteiger partial charge in [-0.2, -0.15) is 0 Å². The maximum atomic E-state index is 12.5. The largest absolute Gasteiger partial charge is 0.497 e. The van der Waals surface area contributed by atoms with Gasteiger partial charge in [0.15, 0.2) is 0 Å². The summed E-state index contributed by atoms with van der Waals surface area (Å²) in [5.74, 6) is 0.825. The van der Waals surface area contributed by atoms with Crippen molar-refractivity contribution in [3.05, 3.63) is 24.3 Å². The molecule has 1 aromatic carbocycles. The van der Waals surface area contributed by atoms with E-state index < -0.39 is 6.10 Å². The predicted octanol–water partition coefficient (Wildman–Crippen LogP) is 2.26. The number of methoxy groups -OCH3 is 1. The fourth-order valence-electron chi connectivity index (χ4n) is 3.66. The molecule has 2 fully saturated rings. The Morgan fingerprint density at radius 1 is 1.26 bits per heavy atom. The molecule has 2 N–H and O–H groups in total. The average Bonchev–Trinajstić information content (AvgIpc) is 3.01. The molecule has 2 aliphatic rings. The van der Waals surface area contributed by atoms with Gasteiger partial charge in [-0.05, 0) is 44.2 Å². The molecule has 2 unspecified atom stereocenters. The number of hydrogen-bond donors (Lipinski definition) is 2. The molecule has 5 nitrogen and oxygen atoms in total. The molecule has 1 amide bonds. The fourth-order valence-corrected chi connectivity index (χ4v) is 3.66. The third kappa shape index (κ3) is 3.78. The number of carbonyl (C=O) groups excluding carboxylic acids is 1. The number of nitrogens with one attached hydrogen (secondary N) is 1. The first-order valence-electron chi connectivity index (χ1n) is 8.55. The Bertz CT molecular complexity index is 541. The summed E-state index contributed by atoms with van der Waals surface area (Å²) < 4.78 is 5.24. The van der Waals surface area contributed by atoms with Crippen molar-refractivity contribution in [3.8, 4) is 5.75 Å². The van der Waals surface area contributed by atoms with Crippen LogP contribution in [0.15, 0.2) is 24.3 Å². The Morgan fingerprint density at radius 2 is 2.04 bits per heavy atom. The van der Waals surface area contributed by atoms with Crippen LogP contribution in [0.3, 0.4) is 0 Å².